The number of carbonyl (C=O) groups is 2. The van der Waals surface area contributed by atoms with E-state index in [0.717, 1.165) is 16.9 Å². The van der Waals surface area contributed by atoms with Crippen LogP contribution >= 0.6 is 0 Å². The van der Waals surface area contributed by atoms with E-state index in [1.165, 1.54) is 0 Å². The molecule has 1 fully saturated rings. The number of nitrogens with zero attached hydrogens (tertiary/aromatic N) is 1. The summed E-state index contributed by atoms with van der Waals surface area (Å²) in [5.74, 6) is 1.24. The molecule has 4 rings (SSSR count). The molecule has 178 valence electrons. The van der Waals surface area contributed by atoms with Crippen molar-refractivity contribution in [2.24, 2.45) is 5.92 Å². The van der Waals surface area contributed by atoms with Crippen molar-refractivity contribution < 1.29 is 28.2 Å². The second-order valence-electron chi connectivity index (χ2n) is 8.05. The van der Waals surface area contributed by atoms with Crippen molar-refractivity contribution in [1.29, 1.82) is 0 Å². The number of carbonyl (C=O) groups excluding carboxylic acids is 2. The Morgan fingerprint density at radius 3 is 2.62 bits per heavy atom. The highest BCUT2D eigenvalue weighted by Crippen LogP contribution is 2.34. The van der Waals surface area contributed by atoms with Crippen LogP contribution in [0, 0.1) is 5.92 Å². The SMILES string of the molecule is COc1ccc(N2CC(C(=O)NCc3cccc(COCc4ccco4)c3)CC2=O)cc1OC. The normalized spacial score (nSPS) is 15.4. The number of methoxy groups -OCH3 is 2. The summed E-state index contributed by atoms with van der Waals surface area (Å²) in [5, 5.41) is 2.96. The number of anilines is 1. The minimum Gasteiger partial charge on any atom is -0.493 e. The Labute approximate surface area is 198 Å². The number of hydrogen-bond donors (Lipinski definition) is 1. The molecule has 1 atom stereocenters. The lowest BCUT2D eigenvalue weighted by molar-refractivity contribution is -0.126. The molecule has 1 aromatic heterocycles. The largest absolute Gasteiger partial charge is 0.493 e. The first-order valence-electron chi connectivity index (χ1n) is 11.1. The number of benzene rings is 2. The Kier molecular flexibility index (Phi) is 7.49. The van der Waals surface area contributed by atoms with Crippen LogP contribution in [0.15, 0.2) is 65.3 Å². The van der Waals surface area contributed by atoms with Crippen LogP contribution in [0.5, 0.6) is 11.5 Å². The first kappa shape index (κ1) is 23.4. The van der Waals surface area contributed by atoms with E-state index < -0.39 is 5.92 Å². The summed E-state index contributed by atoms with van der Waals surface area (Å²) < 4.78 is 21.5. The van der Waals surface area contributed by atoms with Crippen LogP contribution in [0.1, 0.15) is 23.3 Å². The van der Waals surface area contributed by atoms with Gasteiger partial charge < -0.3 is 28.8 Å². The van der Waals surface area contributed by atoms with Gasteiger partial charge in [-0.1, -0.05) is 24.3 Å². The van der Waals surface area contributed by atoms with Gasteiger partial charge in [0.15, 0.2) is 11.5 Å². The molecule has 3 aromatic rings. The Hall–Kier alpha value is -3.78. The van der Waals surface area contributed by atoms with E-state index in [1.54, 1.807) is 43.6 Å². The number of furan rings is 1. The van der Waals surface area contributed by atoms with Crippen LogP contribution in [-0.4, -0.2) is 32.6 Å². The van der Waals surface area contributed by atoms with E-state index in [-0.39, 0.29) is 18.2 Å². The van der Waals surface area contributed by atoms with Gasteiger partial charge in [-0.05, 0) is 35.4 Å². The van der Waals surface area contributed by atoms with Crippen molar-refractivity contribution in [3.05, 3.63) is 77.7 Å². The third-order valence-corrected chi connectivity index (χ3v) is 5.73. The van der Waals surface area contributed by atoms with Crippen LogP contribution in [0.3, 0.4) is 0 Å². The number of hydrogen-bond acceptors (Lipinski definition) is 6. The van der Waals surface area contributed by atoms with Crippen molar-refractivity contribution >= 4 is 17.5 Å². The second-order valence-corrected chi connectivity index (χ2v) is 8.05. The van der Waals surface area contributed by atoms with E-state index in [9.17, 15) is 9.59 Å². The fraction of sp³-hybridized carbons (Fsp3) is 0.308. The van der Waals surface area contributed by atoms with Crippen molar-refractivity contribution in [3.8, 4) is 11.5 Å². The maximum Gasteiger partial charge on any atom is 0.227 e. The fourth-order valence-corrected chi connectivity index (χ4v) is 3.95. The van der Waals surface area contributed by atoms with Gasteiger partial charge in [0, 0.05) is 31.3 Å². The number of ether oxygens (including phenoxy) is 3. The summed E-state index contributed by atoms with van der Waals surface area (Å²) in [6, 6.07) is 16.8. The molecule has 8 heteroatoms. The van der Waals surface area contributed by atoms with Crippen LogP contribution < -0.4 is 19.7 Å². The lowest BCUT2D eigenvalue weighted by atomic mass is 10.1. The molecule has 8 nitrogen and oxygen atoms in total. The van der Waals surface area contributed by atoms with E-state index >= 15 is 0 Å². The molecule has 34 heavy (non-hydrogen) atoms. The molecule has 0 saturated carbocycles. The van der Waals surface area contributed by atoms with Crippen LogP contribution in [0.25, 0.3) is 0 Å². The second kappa shape index (κ2) is 10.9. The van der Waals surface area contributed by atoms with Gasteiger partial charge in [0.2, 0.25) is 11.8 Å². The first-order valence-corrected chi connectivity index (χ1v) is 11.1. The van der Waals surface area contributed by atoms with E-state index in [2.05, 4.69) is 5.32 Å². The van der Waals surface area contributed by atoms with Gasteiger partial charge in [-0.15, -0.1) is 0 Å². The smallest absolute Gasteiger partial charge is 0.227 e. The standard InChI is InChI=1S/C26H28N2O6/c1-31-23-9-8-21(13-24(23)32-2)28-15-20(12-25(28)29)26(30)27-14-18-5-3-6-19(11-18)16-33-17-22-7-4-10-34-22/h3-11,13,20H,12,14-17H2,1-2H3,(H,27,30). The average Bonchev–Trinajstić information content (AvgIpc) is 3.52. The molecule has 0 radical (unpaired) electrons. The predicted octanol–water partition coefficient (Wildman–Crippen LogP) is 3.68. The molecule has 1 saturated heterocycles. The molecule has 2 amide bonds. The van der Waals surface area contributed by atoms with E-state index in [4.69, 9.17) is 18.6 Å². The highest BCUT2D eigenvalue weighted by Gasteiger charge is 2.35. The molecular formula is C26H28N2O6. The minimum atomic E-state index is -0.416. The average molecular weight is 465 g/mol. The zero-order chi connectivity index (χ0) is 23.9. The summed E-state index contributed by atoms with van der Waals surface area (Å²) in [5.41, 5.74) is 2.66. The van der Waals surface area contributed by atoms with Crippen LogP contribution in [0.4, 0.5) is 5.69 Å². The molecule has 1 N–H and O–H groups in total. The summed E-state index contributed by atoms with van der Waals surface area (Å²) in [7, 11) is 3.10. The van der Waals surface area contributed by atoms with Crippen molar-refractivity contribution in [2.45, 2.75) is 26.2 Å². The van der Waals surface area contributed by atoms with Crippen molar-refractivity contribution in [2.75, 3.05) is 25.7 Å². The van der Waals surface area contributed by atoms with Gasteiger partial charge in [-0.2, -0.15) is 0 Å². The monoisotopic (exact) mass is 464 g/mol. The molecule has 1 unspecified atom stereocenters. The van der Waals surface area contributed by atoms with Gasteiger partial charge in [-0.25, -0.2) is 0 Å². The highest BCUT2D eigenvalue weighted by atomic mass is 16.5. The van der Waals surface area contributed by atoms with Gasteiger partial charge in [-0.3, -0.25) is 9.59 Å². The highest BCUT2D eigenvalue weighted by molar-refractivity contribution is 6.00. The topological polar surface area (TPSA) is 90.2 Å². The Morgan fingerprint density at radius 1 is 1.03 bits per heavy atom. The van der Waals surface area contributed by atoms with Gasteiger partial charge in [0.1, 0.15) is 12.4 Å². The molecule has 2 aromatic carbocycles. The number of rotatable bonds is 10. The summed E-state index contributed by atoms with van der Waals surface area (Å²) in [4.78, 5) is 27.0. The summed E-state index contributed by atoms with van der Waals surface area (Å²) in [6.45, 7) is 1.55. The Balaban J connectivity index is 1.30. The fourth-order valence-electron chi connectivity index (χ4n) is 3.95. The zero-order valence-electron chi connectivity index (χ0n) is 19.3. The maximum atomic E-state index is 12.8. The van der Waals surface area contributed by atoms with Gasteiger partial charge in [0.25, 0.3) is 0 Å². The summed E-state index contributed by atoms with van der Waals surface area (Å²) in [6.07, 6.45) is 1.79. The quantitative estimate of drug-likeness (QED) is 0.492. The third kappa shape index (κ3) is 5.58. The minimum absolute atomic E-state index is 0.0944. The maximum absolute atomic E-state index is 12.8. The summed E-state index contributed by atoms with van der Waals surface area (Å²) >= 11 is 0. The predicted molar refractivity (Wildman–Crippen MR) is 125 cm³/mol. The third-order valence-electron chi connectivity index (χ3n) is 5.73. The zero-order valence-corrected chi connectivity index (χ0v) is 19.3. The molecule has 0 bridgehead atoms. The van der Waals surface area contributed by atoms with Crippen molar-refractivity contribution in [3.63, 3.8) is 0 Å². The first-order chi connectivity index (χ1) is 16.6. The lowest BCUT2D eigenvalue weighted by Gasteiger charge is -2.18. The van der Waals surface area contributed by atoms with Crippen LogP contribution in [-0.2, 0) is 34.1 Å². The van der Waals surface area contributed by atoms with E-state index in [0.29, 0.717) is 43.5 Å². The van der Waals surface area contributed by atoms with Crippen molar-refractivity contribution in [1.82, 2.24) is 5.32 Å². The molecule has 1 aliphatic rings. The van der Waals surface area contributed by atoms with Gasteiger partial charge >= 0.3 is 0 Å². The number of nitrogens with one attached hydrogen (secondary N) is 1. The molecule has 1 aliphatic heterocycles. The van der Waals surface area contributed by atoms with E-state index in [1.807, 2.05) is 36.4 Å². The molecule has 0 spiro atoms. The Morgan fingerprint density at radius 2 is 1.85 bits per heavy atom. The molecular weight excluding hydrogens is 436 g/mol. The number of amides is 2. The lowest BCUT2D eigenvalue weighted by Crippen LogP contribution is -2.32. The Bertz CT molecular complexity index is 1130. The molecule has 2 heterocycles. The van der Waals surface area contributed by atoms with Gasteiger partial charge in [0.05, 0.1) is 33.0 Å². The van der Waals surface area contributed by atoms with Crippen LogP contribution in [0.2, 0.25) is 0 Å². The molecule has 0 aliphatic carbocycles.